The smallest absolute Gasteiger partial charge is 0.259 e. The Morgan fingerprint density at radius 3 is 2.43 bits per heavy atom. The number of halogens is 1. The quantitative estimate of drug-likeness (QED) is 0.583. The van der Waals surface area contributed by atoms with Crippen LogP contribution >= 0.6 is 15.9 Å². The summed E-state index contributed by atoms with van der Waals surface area (Å²) in [5, 5.41) is 2.81. The molecule has 0 aliphatic heterocycles. The Morgan fingerprint density at radius 1 is 1.13 bits per heavy atom. The molecule has 1 saturated carbocycles. The summed E-state index contributed by atoms with van der Waals surface area (Å²) in [4.78, 5) is 12.9. The molecule has 8 heteroatoms. The number of benzene rings is 2. The zero-order chi connectivity index (χ0) is 21.7. The fourth-order valence-corrected chi connectivity index (χ4v) is 5.45. The van der Waals surface area contributed by atoms with Crippen LogP contribution in [0.1, 0.15) is 49.4 Å². The van der Waals surface area contributed by atoms with E-state index in [1.807, 2.05) is 13.0 Å². The third kappa shape index (κ3) is 5.22. The van der Waals surface area contributed by atoms with Crippen molar-refractivity contribution < 1.29 is 17.9 Å². The monoisotopic (exact) mass is 494 g/mol. The summed E-state index contributed by atoms with van der Waals surface area (Å²) in [6.45, 7) is 2.30. The lowest BCUT2D eigenvalue weighted by molar-refractivity contribution is 0.102. The van der Waals surface area contributed by atoms with Gasteiger partial charge >= 0.3 is 0 Å². The second-order valence-corrected chi connectivity index (χ2v) is 10.3. The molecule has 3 rings (SSSR count). The SMILES string of the molecule is CCOc1ccc(Br)cc1C(=O)Nc1ccc(S(=O)(=O)N(C)C2CCCCC2)cc1. The summed E-state index contributed by atoms with van der Waals surface area (Å²) in [6.07, 6.45) is 5.10. The number of anilines is 1. The molecule has 0 atom stereocenters. The highest BCUT2D eigenvalue weighted by Gasteiger charge is 2.29. The number of sulfonamides is 1. The summed E-state index contributed by atoms with van der Waals surface area (Å²) in [6, 6.07) is 11.6. The Bertz CT molecular complexity index is 987. The van der Waals surface area contributed by atoms with Crippen molar-refractivity contribution in [1.29, 1.82) is 0 Å². The largest absolute Gasteiger partial charge is 0.493 e. The zero-order valence-corrected chi connectivity index (χ0v) is 19.6. The second kappa shape index (κ2) is 9.94. The van der Waals surface area contributed by atoms with Crippen molar-refractivity contribution in [3.63, 3.8) is 0 Å². The number of hydrogen-bond donors (Lipinski definition) is 1. The molecule has 1 N–H and O–H groups in total. The minimum absolute atomic E-state index is 0.0524. The molecule has 2 aromatic carbocycles. The van der Waals surface area contributed by atoms with Crippen LogP contribution in [0.3, 0.4) is 0 Å². The number of nitrogens with one attached hydrogen (secondary N) is 1. The maximum absolute atomic E-state index is 13.0. The van der Waals surface area contributed by atoms with Crippen LogP contribution < -0.4 is 10.1 Å². The summed E-state index contributed by atoms with van der Waals surface area (Å²) >= 11 is 3.37. The van der Waals surface area contributed by atoms with Crippen LogP contribution in [0.5, 0.6) is 5.75 Å². The molecule has 0 bridgehead atoms. The lowest BCUT2D eigenvalue weighted by Gasteiger charge is -2.30. The van der Waals surface area contributed by atoms with Gasteiger partial charge in [-0.15, -0.1) is 0 Å². The Kier molecular flexibility index (Phi) is 7.55. The first-order valence-corrected chi connectivity index (χ1v) is 12.4. The van der Waals surface area contributed by atoms with Gasteiger partial charge in [-0.2, -0.15) is 4.31 Å². The highest BCUT2D eigenvalue weighted by atomic mass is 79.9. The molecule has 1 fully saturated rings. The summed E-state index contributed by atoms with van der Waals surface area (Å²) < 4.78 is 33.7. The van der Waals surface area contributed by atoms with Gasteiger partial charge in [0.05, 0.1) is 17.1 Å². The Balaban J connectivity index is 1.74. The standard InChI is InChI=1S/C22H27BrN2O4S/c1-3-29-21-14-9-16(23)15-20(21)22(26)24-17-10-12-19(13-11-17)30(27,28)25(2)18-7-5-4-6-8-18/h9-15,18H,3-8H2,1-2H3,(H,24,26). The van der Waals surface area contributed by atoms with Crippen LogP contribution in [0.4, 0.5) is 5.69 Å². The zero-order valence-electron chi connectivity index (χ0n) is 17.2. The maximum Gasteiger partial charge on any atom is 0.259 e. The fourth-order valence-electron chi connectivity index (χ4n) is 3.68. The van der Waals surface area contributed by atoms with Crippen molar-refractivity contribution in [1.82, 2.24) is 4.31 Å². The van der Waals surface area contributed by atoms with Gasteiger partial charge in [0.15, 0.2) is 0 Å². The van der Waals surface area contributed by atoms with E-state index in [4.69, 9.17) is 4.74 Å². The average Bonchev–Trinajstić information content (AvgIpc) is 2.75. The second-order valence-electron chi connectivity index (χ2n) is 7.37. The molecule has 1 aliphatic carbocycles. The molecule has 0 radical (unpaired) electrons. The van der Waals surface area contributed by atoms with Crippen LogP contribution in [0.25, 0.3) is 0 Å². The molecule has 0 spiro atoms. The molecule has 1 aliphatic rings. The summed E-state index contributed by atoms with van der Waals surface area (Å²) in [5.74, 6) is 0.168. The van der Waals surface area contributed by atoms with Gasteiger partial charge in [-0.25, -0.2) is 8.42 Å². The molecule has 0 heterocycles. The molecule has 6 nitrogen and oxygen atoms in total. The first kappa shape index (κ1) is 22.8. The van der Waals surface area contributed by atoms with Crippen LogP contribution in [-0.2, 0) is 10.0 Å². The lowest BCUT2D eigenvalue weighted by atomic mass is 9.96. The third-order valence-corrected chi connectivity index (χ3v) is 7.78. The van der Waals surface area contributed by atoms with E-state index in [0.717, 1.165) is 30.2 Å². The van der Waals surface area contributed by atoms with Gasteiger partial charge in [-0.3, -0.25) is 4.79 Å². The number of ether oxygens (including phenoxy) is 1. The van der Waals surface area contributed by atoms with Crippen molar-refractivity contribution in [2.24, 2.45) is 0 Å². The number of amides is 1. The van der Waals surface area contributed by atoms with Gasteiger partial charge in [0.2, 0.25) is 10.0 Å². The minimum Gasteiger partial charge on any atom is -0.493 e. The molecule has 2 aromatic rings. The predicted molar refractivity (Wildman–Crippen MR) is 122 cm³/mol. The van der Waals surface area contributed by atoms with Crippen molar-refractivity contribution in [2.75, 3.05) is 19.0 Å². The van der Waals surface area contributed by atoms with Gasteiger partial charge in [-0.05, 0) is 62.2 Å². The molecule has 0 aromatic heterocycles. The van der Waals surface area contributed by atoms with E-state index in [9.17, 15) is 13.2 Å². The van der Waals surface area contributed by atoms with Crippen molar-refractivity contribution in [3.05, 3.63) is 52.5 Å². The Morgan fingerprint density at radius 2 is 1.80 bits per heavy atom. The molecular weight excluding hydrogens is 468 g/mol. The third-order valence-electron chi connectivity index (χ3n) is 5.36. The van der Waals surface area contributed by atoms with Gasteiger partial charge in [0.1, 0.15) is 5.75 Å². The molecule has 162 valence electrons. The maximum atomic E-state index is 13.0. The van der Waals surface area contributed by atoms with Gasteiger partial charge < -0.3 is 10.1 Å². The van der Waals surface area contributed by atoms with Crippen LogP contribution in [0.15, 0.2) is 51.8 Å². The van der Waals surface area contributed by atoms with E-state index < -0.39 is 10.0 Å². The Hall–Kier alpha value is -1.90. The number of carbonyl (C=O) groups is 1. The molecule has 30 heavy (non-hydrogen) atoms. The minimum atomic E-state index is -3.56. The van der Waals surface area contributed by atoms with E-state index >= 15 is 0 Å². The Labute approximate surface area is 186 Å². The number of rotatable bonds is 7. The first-order chi connectivity index (χ1) is 14.3. The van der Waals surface area contributed by atoms with Crippen molar-refractivity contribution >= 4 is 37.5 Å². The highest BCUT2D eigenvalue weighted by Crippen LogP contribution is 2.28. The van der Waals surface area contributed by atoms with Crippen LogP contribution in [0.2, 0.25) is 0 Å². The normalized spacial score (nSPS) is 15.2. The lowest BCUT2D eigenvalue weighted by Crippen LogP contribution is -2.38. The number of hydrogen-bond acceptors (Lipinski definition) is 4. The van der Waals surface area contributed by atoms with Gasteiger partial charge in [-0.1, -0.05) is 35.2 Å². The van der Waals surface area contributed by atoms with E-state index in [1.54, 1.807) is 31.3 Å². The van der Waals surface area contributed by atoms with Crippen LogP contribution in [-0.4, -0.2) is 38.3 Å². The molecular formula is C22H27BrN2O4S. The summed E-state index contributed by atoms with van der Waals surface area (Å²) in [5.41, 5.74) is 0.918. The van der Waals surface area contributed by atoms with Gasteiger partial charge in [0.25, 0.3) is 5.91 Å². The van der Waals surface area contributed by atoms with Gasteiger partial charge in [0, 0.05) is 23.2 Å². The van der Waals surface area contributed by atoms with Crippen molar-refractivity contribution in [2.45, 2.75) is 50.0 Å². The fraction of sp³-hybridized carbons (Fsp3) is 0.409. The molecule has 0 saturated heterocycles. The topological polar surface area (TPSA) is 75.7 Å². The molecule has 0 unspecified atom stereocenters. The highest BCUT2D eigenvalue weighted by molar-refractivity contribution is 9.10. The average molecular weight is 495 g/mol. The number of nitrogens with zero attached hydrogens (tertiary/aromatic N) is 1. The van der Waals surface area contributed by atoms with E-state index in [2.05, 4.69) is 21.2 Å². The first-order valence-electron chi connectivity index (χ1n) is 10.1. The van der Waals surface area contributed by atoms with Crippen LogP contribution in [0, 0.1) is 0 Å². The van der Waals surface area contributed by atoms with Crippen molar-refractivity contribution in [3.8, 4) is 5.75 Å². The predicted octanol–water partition coefficient (Wildman–Crippen LogP) is 5.05. The van der Waals surface area contributed by atoms with E-state index in [0.29, 0.717) is 23.6 Å². The number of carbonyl (C=O) groups excluding carboxylic acids is 1. The van der Waals surface area contributed by atoms with E-state index in [1.165, 1.54) is 22.9 Å². The summed E-state index contributed by atoms with van der Waals surface area (Å²) in [7, 11) is -1.90. The molecule has 1 amide bonds. The van der Waals surface area contributed by atoms with E-state index in [-0.39, 0.29) is 16.8 Å².